The van der Waals surface area contributed by atoms with Crippen molar-refractivity contribution >= 4 is 17.7 Å². The number of carbonyl (C=O) groups excluding carboxylic acids is 1. The van der Waals surface area contributed by atoms with Gasteiger partial charge in [-0.05, 0) is 6.42 Å². The molecular formula is C19H18N2O2S. The third-order valence-electron chi connectivity index (χ3n) is 3.62. The topological polar surface area (TPSA) is 69.1 Å². The van der Waals surface area contributed by atoms with Crippen molar-refractivity contribution in [2.45, 2.75) is 23.8 Å². The Morgan fingerprint density at radius 1 is 1.08 bits per heavy atom. The predicted octanol–water partition coefficient (Wildman–Crippen LogP) is 4.36. The molecule has 3 rings (SSSR count). The fourth-order valence-electron chi connectivity index (χ4n) is 2.39. The fraction of sp³-hybridized carbons (Fsp3) is 0.158. The molecule has 1 heterocycles. The Morgan fingerprint density at radius 2 is 1.67 bits per heavy atom. The number of oxazole rings is 1. The van der Waals surface area contributed by atoms with E-state index in [1.54, 1.807) is 0 Å². The molecule has 0 radical (unpaired) electrons. The van der Waals surface area contributed by atoms with Gasteiger partial charge in [-0.3, -0.25) is 4.79 Å². The van der Waals surface area contributed by atoms with Crippen LogP contribution in [-0.2, 0) is 4.79 Å². The normalized spacial score (nSPS) is 12.0. The molecule has 1 aromatic heterocycles. The van der Waals surface area contributed by atoms with Crippen molar-refractivity contribution in [1.29, 1.82) is 0 Å². The highest BCUT2D eigenvalue weighted by Crippen LogP contribution is 2.36. The molecule has 0 aliphatic rings. The first-order chi connectivity index (χ1) is 11.7. The van der Waals surface area contributed by atoms with E-state index in [9.17, 15) is 4.79 Å². The highest BCUT2D eigenvalue weighted by Gasteiger charge is 2.22. The minimum atomic E-state index is -0.358. The SMILES string of the molecule is CCC(Sc1nc(-c2ccccc2)c(-c2ccccc2)o1)C(N)=O. The summed E-state index contributed by atoms with van der Waals surface area (Å²) in [5, 5.41) is 0.106. The summed E-state index contributed by atoms with van der Waals surface area (Å²) in [7, 11) is 0. The maximum Gasteiger partial charge on any atom is 0.257 e. The minimum Gasteiger partial charge on any atom is -0.431 e. The van der Waals surface area contributed by atoms with E-state index in [1.165, 1.54) is 11.8 Å². The van der Waals surface area contributed by atoms with Crippen molar-refractivity contribution in [3.05, 3.63) is 60.7 Å². The molecule has 4 nitrogen and oxygen atoms in total. The summed E-state index contributed by atoms with van der Waals surface area (Å²) in [6.07, 6.45) is 0.629. The summed E-state index contributed by atoms with van der Waals surface area (Å²) in [6.45, 7) is 1.92. The maximum absolute atomic E-state index is 11.5. The molecule has 0 fully saturated rings. The van der Waals surface area contributed by atoms with Crippen LogP contribution in [-0.4, -0.2) is 16.1 Å². The molecule has 122 valence electrons. The number of carbonyl (C=O) groups is 1. The van der Waals surface area contributed by atoms with E-state index in [1.807, 2.05) is 67.6 Å². The number of benzene rings is 2. The van der Waals surface area contributed by atoms with Crippen LogP contribution in [0.15, 0.2) is 70.3 Å². The van der Waals surface area contributed by atoms with Crippen LogP contribution in [0.4, 0.5) is 0 Å². The Labute approximate surface area is 145 Å². The largest absolute Gasteiger partial charge is 0.431 e. The Hall–Kier alpha value is -2.53. The summed E-state index contributed by atoms with van der Waals surface area (Å²) < 4.78 is 5.98. The summed E-state index contributed by atoms with van der Waals surface area (Å²) in [5.74, 6) is 0.340. The summed E-state index contributed by atoms with van der Waals surface area (Å²) in [4.78, 5) is 16.1. The second-order valence-corrected chi connectivity index (χ2v) is 6.46. The number of rotatable bonds is 6. The quantitative estimate of drug-likeness (QED) is 0.678. The lowest BCUT2D eigenvalue weighted by atomic mass is 10.1. The fourth-order valence-corrected chi connectivity index (χ4v) is 3.19. The summed E-state index contributed by atoms with van der Waals surface area (Å²) in [5.41, 5.74) is 8.12. The van der Waals surface area contributed by atoms with Crippen LogP contribution < -0.4 is 5.73 Å². The predicted molar refractivity (Wildman–Crippen MR) is 96.5 cm³/mol. The van der Waals surface area contributed by atoms with Gasteiger partial charge in [0.2, 0.25) is 5.91 Å². The van der Waals surface area contributed by atoms with E-state index in [2.05, 4.69) is 4.98 Å². The van der Waals surface area contributed by atoms with E-state index in [0.29, 0.717) is 17.4 Å². The van der Waals surface area contributed by atoms with Gasteiger partial charge in [-0.2, -0.15) is 0 Å². The van der Waals surface area contributed by atoms with Gasteiger partial charge in [0.25, 0.3) is 5.22 Å². The van der Waals surface area contributed by atoms with Gasteiger partial charge in [-0.1, -0.05) is 79.3 Å². The van der Waals surface area contributed by atoms with Gasteiger partial charge in [-0.25, -0.2) is 4.98 Å². The van der Waals surface area contributed by atoms with Gasteiger partial charge < -0.3 is 10.2 Å². The molecule has 1 unspecified atom stereocenters. The molecule has 5 heteroatoms. The standard InChI is InChI=1S/C19H18N2O2S/c1-2-15(18(20)22)24-19-21-16(13-9-5-3-6-10-13)17(23-19)14-11-7-4-8-12-14/h3-12,15H,2H2,1H3,(H2,20,22). The smallest absolute Gasteiger partial charge is 0.257 e. The van der Waals surface area contributed by atoms with E-state index < -0.39 is 0 Å². The Balaban J connectivity index is 2.05. The number of amides is 1. The summed E-state index contributed by atoms with van der Waals surface area (Å²) in [6, 6.07) is 19.7. The maximum atomic E-state index is 11.5. The molecule has 0 saturated heterocycles. The van der Waals surface area contributed by atoms with Crippen molar-refractivity contribution in [2.75, 3.05) is 0 Å². The molecular weight excluding hydrogens is 320 g/mol. The molecule has 0 bridgehead atoms. The van der Waals surface area contributed by atoms with Gasteiger partial charge in [0, 0.05) is 11.1 Å². The van der Waals surface area contributed by atoms with Gasteiger partial charge in [0.15, 0.2) is 5.76 Å². The zero-order valence-electron chi connectivity index (χ0n) is 13.3. The van der Waals surface area contributed by atoms with Gasteiger partial charge >= 0.3 is 0 Å². The van der Waals surface area contributed by atoms with Gasteiger partial charge in [-0.15, -0.1) is 0 Å². The number of thioether (sulfide) groups is 1. The summed E-state index contributed by atoms with van der Waals surface area (Å²) >= 11 is 1.27. The Kier molecular flexibility index (Phi) is 5.01. The third-order valence-corrected chi connectivity index (χ3v) is 4.85. The molecule has 1 atom stereocenters. The second kappa shape index (κ2) is 7.36. The van der Waals surface area contributed by atoms with E-state index in [-0.39, 0.29) is 11.2 Å². The van der Waals surface area contributed by atoms with Crippen LogP contribution in [0.5, 0.6) is 0 Å². The molecule has 2 N–H and O–H groups in total. The zero-order valence-corrected chi connectivity index (χ0v) is 14.1. The lowest BCUT2D eigenvalue weighted by Gasteiger charge is -2.06. The first-order valence-electron chi connectivity index (χ1n) is 7.76. The third kappa shape index (κ3) is 3.51. The van der Waals surface area contributed by atoms with Crippen LogP contribution in [0.3, 0.4) is 0 Å². The van der Waals surface area contributed by atoms with E-state index >= 15 is 0 Å². The number of hydrogen-bond donors (Lipinski definition) is 1. The highest BCUT2D eigenvalue weighted by atomic mass is 32.2. The van der Waals surface area contributed by atoms with Crippen molar-refractivity contribution < 1.29 is 9.21 Å². The molecule has 0 saturated carbocycles. The highest BCUT2D eigenvalue weighted by molar-refractivity contribution is 8.00. The van der Waals surface area contributed by atoms with Crippen molar-refractivity contribution in [2.24, 2.45) is 5.73 Å². The zero-order chi connectivity index (χ0) is 16.9. The average molecular weight is 338 g/mol. The van der Waals surface area contributed by atoms with Gasteiger partial charge in [0.05, 0.1) is 5.25 Å². The first-order valence-corrected chi connectivity index (χ1v) is 8.64. The van der Waals surface area contributed by atoms with E-state index in [4.69, 9.17) is 10.2 Å². The number of nitrogens with two attached hydrogens (primary N) is 1. The Bertz CT molecular complexity index is 759. The first kappa shape index (κ1) is 16.3. The minimum absolute atomic E-state index is 0.351. The molecule has 3 aromatic rings. The van der Waals surface area contributed by atoms with Gasteiger partial charge in [0.1, 0.15) is 5.69 Å². The number of nitrogens with zero attached hydrogens (tertiary/aromatic N) is 1. The average Bonchev–Trinajstić information content (AvgIpc) is 3.05. The van der Waals surface area contributed by atoms with Crippen LogP contribution in [0.2, 0.25) is 0 Å². The van der Waals surface area contributed by atoms with Crippen LogP contribution in [0.25, 0.3) is 22.6 Å². The van der Waals surface area contributed by atoms with Crippen molar-refractivity contribution in [1.82, 2.24) is 4.98 Å². The number of hydrogen-bond acceptors (Lipinski definition) is 4. The molecule has 0 aliphatic heterocycles. The number of aromatic nitrogens is 1. The lowest BCUT2D eigenvalue weighted by Crippen LogP contribution is -2.24. The van der Waals surface area contributed by atoms with Crippen LogP contribution in [0, 0.1) is 0 Å². The van der Waals surface area contributed by atoms with Crippen LogP contribution >= 0.6 is 11.8 Å². The molecule has 0 aliphatic carbocycles. The van der Waals surface area contributed by atoms with E-state index in [0.717, 1.165) is 16.8 Å². The molecule has 24 heavy (non-hydrogen) atoms. The van der Waals surface area contributed by atoms with Crippen LogP contribution in [0.1, 0.15) is 13.3 Å². The monoisotopic (exact) mass is 338 g/mol. The molecule has 2 aromatic carbocycles. The van der Waals surface area contributed by atoms with Crippen molar-refractivity contribution in [3.63, 3.8) is 0 Å². The lowest BCUT2D eigenvalue weighted by molar-refractivity contribution is -0.117. The molecule has 1 amide bonds. The number of primary amides is 1. The van der Waals surface area contributed by atoms with Crippen molar-refractivity contribution in [3.8, 4) is 22.6 Å². The second-order valence-electron chi connectivity index (χ2n) is 5.31. The molecule has 0 spiro atoms. The Morgan fingerprint density at radius 3 is 2.21 bits per heavy atom.